The molecule has 0 saturated carbocycles. The number of thiocarbonyl (C=S) groups is 1. The van der Waals surface area contributed by atoms with E-state index in [1.165, 1.54) is 18.4 Å². The highest BCUT2D eigenvalue weighted by atomic mass is 32.1. The van der Waals surface area contributed by atoms with Gasteiger partial charge in [-0.05, 0) is 35.2 Å². The van der Waals surface area contributed by atoms with Crippen LogP contribution in [0.2, 0.25) is 0 Å². The average molecular weight is 432 g/mol. The summed E-state index contributed by atoms with van der Waals surface area (Å²) in [5.41, 5.74) is 4.19. The summed E-state index contributed by atoms with van der Waals surface area (Å²) in [5.74, 6) is -0.939. The number of benzene rings is 3. The molecule has 0 bridgehead atoms. The molecule has 0 aliphatic carbocycles. The number of carboxylic acids is 1. The van der Waals surface area contributed by atoms with E-state index >= 15 is 0 Å². The van der Waals surface area contributed by atoms with Crippen LogP contribution in [0.15, 0.2) is 78.9 Å². The van der Waals surface area contributed by atoms with Gasteiger partial charge in [0, 0.05) is 10.6 Å². The molecule has 0 amide bonds. The molecule has 0 aliphatic rings. The third-order valence-electron chi connectivity index (χ3n) is 5.43. The van der Waals surface area contributed by atoms with Gasteiger partial charge in [0.2, 0.25) is 0 Å². The molecule has 0 radical (unpaired) electrons. The fourth-order valence-corrected chi connectivity index (χ4v) is 4.00. The molecule has 3 aromatic rings. The number of carboxylic acid groups (broad SMARTS) is 1. The van der Waals surface area contributed by atoms with Gasteiger partial charge in [-0.25, -0.2) is 4.79 Å². The van der Waals surface area contributed by atoms with Crippen molar-refractivity contribution in [3.8, 4) is 11.1 Å². The molecule has 2 N–H and O–H groups in total. The van der Waals surface area contributed by atoms with E-state index in [1.54, 1.807) is 12.1 Å². The molecule has 4 heteroatoms. The molecular weight excluding hydrogens is 402 g/mol. The number of unbranched alkanes of at least 4 members (excludes halogenated alkanes) is 3. The van der Waals surface area contributed by atoms with Gasteiger partial charge in [-0.1, -0.05) is 112 Å². The predicted molar refractivity (Wildman–Crippen MR) is 133 cm³/mol. The van der Waals surface area contributed by atoms with Crippen molar-refractivity contribution in [2.75, 3.05) is 5.32 Å². The number of nitrogens with one attached hydrogen (secondary N) is 1. The zero-order valence-electron chi connectivity index (χ0n) is 17.9. The van der Waals surface area contributed by atoms with Gasteiger partial charge in [0.1, 0.15) is 0 Å². The Bertz CT molecular complexity index is 999. The Labute approximate surface area is 190 Å². The van der Waals surface area contributed by atoms with Gasteiger partial charge in [-0.2, -0.15) is 0 Å². The summed E-state index contributed by atoms with van der Waals surface area (Å²) in [6, 6.07) is 25.5. The topological polar surface area (TPSA) is 49.3 Å². The quantitative estimate of drug-likeness (QED) is 0.191. The van der Waals surface area contributed by atoms with Crippen LogP contribution in [0.25, 0.3) is 11.1 Å². The fraction of sp³-hybridized carbons (Fsp3) is 0.259. The van der Waals surface area contributed by atoms with Gasteiger partial charge >= 0.3 is 5.97 Å². The molecule has 160 valence electrons. The molecule has 3 nitrogen and oxygen atoms in total. The second kappa shape index (κ2) is 11.4. The van der Waals surface area contributed by atoms with E-state index in [-0.39, 0.29) is 11.6 Å². The molecule has 0 aromatic heterocycles. The van der Waals surface area contributed by atoms with Crippen LogP contribution < -0.4 is 5.32 Å². The number of rotatable bonds is 11. The lowest BCUT2D eigenvalue weighted by molar-refractivity contribution is 0.0698. The van der Waals surface area contributed by atoms with Crippen molar-refractivity contribution in [2.24, 2.45) is 0 Å². The van der Waals surface area contributed by atoms with E-state index in [9.17, 15) is 9.90 Å². The number of aromatic carboxylic acids is 1. The molecule has 0 aliphatic heterocycles. The van der Waals surface area contributed by atoms with Crippen molar-refractivity contribution in [1.82, 2.24) is 0 Å². The van der Waals surface area contributed by atoms with Crippen molar-refractivity contribution in [3.05, 3.63) is 90.0 Å². The van der Waals surface area contributed by atoms with E-state index in [1.807, 2.05) is 30.3 Å². The normalized spacial score (nSPS) is 11.6. The maximum Gasteiger partial charge on any atom is 0.337 e. The van der Waals surface area contributed by atoms with Crippen LogP contribution in [0.1, 0.15) is 54.9 Å². The van der Waals surface area contributed by atoms with E-state index < -0.39 is 5.97 Å². The summed E-state index contributed by atoms with van der Waals surface area (Å²) < 4.78 is 0. The summed E-state index contributed by atoms with van der Waals surface area (Å²) in [5, 5.41) is 13.0. The van der Waals surface area contributed by atoms with Gasteiger partial charge in [-0.15, -0.1) is 0 Å². The van der Waals surface area contributed by atoms with Crippen LogP contribution in [-0.2, 0) is 0 Å². The smallest absolute Gasteiger partial charge is 0.337 e. The Balaban J connectivity index is 1.81. The summed E-state index contributed by atoms with van der Waals surface area (Å²) in [7, 11) is 0. The molecule has 0 saturated heterocycles. The Morgan fingerprint density at radius 1 is 0.871 bits per heavy atom. The number of carbonyl (C=O) groups is 1. The van der Waals surface area contributed by atoms with Gasteiger partial charge in [0.05, 0.1) is 11.6 Å². The molecule has 1 unspecified atom stereocenters. The van der Waals surface area contributed by atoms with E-state index in [0.717, 1.165) is 35.3 Å². The van der Waals surface area contributed by atoms with Crippen LogP contribution in [-0.4, -0.2) is 22.0 Å². The first-order valence-corrected chi connectivity index (χ1v) is 11.3. The summed E-state index contributed by atoms with van der Waals surface area (Å²) in [4.78, 5) is 12.5. The maximum absolute atomic E-state index is 11.6. The second-order valence-corrected chi connectivity index (χ2v) is 8.14. The summed E-state index contributed by atoms with van der Waals surface area (Å²) >= 11 is 5.88. The van der Waals surface area contributed by atoms with Gasteiger partial charge in [0.15, 0.2) is 0 Å². The number of anilines is 1. The van der Waals surface area contributed by atoms with Crippen molar-refractivity contribution in [1.29, 1.82) is 0 Å². The molecule has 31 heavy (non-hydrogen) atoms. The third kappa shape index (κ3) is 6.25. The zero-order chi connectivity index (χ0) is 22.1. The molecule has 0 spiro atoms. The first-order chi connectivity index (χ1) is 15.1. The summed E-state index contributed by atoms with van der Waals surface area (Å²) in [6.45, 7) is 2.19. The fourth-order valence-electron chi connectivity index (χ4n) is 3.69. The zero-order valence-corrected chi connectivity index (χ0v) is 18.7. The molecule has 3 aromatic carbocycles. The Morgan fingerprint density at radius 2 is 1.52 bits per heavy atom. The molecule has 3 rings (SSSR count). The van der Waals surface area contributed by atoms with Gasteiger partial charge in [-0.3, -0.25) is 0 Å². The van der Waals surface area contributed by atoms with Gasteiger partial charge in [0.25, 0.3) is 0 Å². The Hall–Kier alpha value is -2.98. The van der Waals surface area contributed by atoms with Crippen LogP contribution in [0.3, 0.4) is 0 Å². The van der Waals surface area contributed by atoms with E-state index in [0.29, 0.717) is 5.69 Å². The third-order valence-corrected chi connectivity index (χ3v) is 5.95. The lowest BCUT2D eigenvalue weighted by Gasteiger charge is -2.22. The minimum atomic E-state index is -0.939. The standard InChI is InChI=1S/C27H29NO2S/c1-2-3-4-8-15-25(28-24-14-10-9-13-23(24)27(29)30)26(31)22-18-16-21(17-19-22)20-11-6-5-7-12-20/h5-7,9-14,16-19,25,28H,2-4,8,15H2,1H3,(H,29,30). The van der Waals surface area contributed by atoms with Crippen LogP contribution >= 0.6 is 12.2 Å². The van der Waals surface area contributed by atoms with Gasteiger partial charge < -0.3 is 10.4 Å². The van der Waals surface area contributed by atoms with Crippen LogP contribution in [0.4, 0.5) is 5.69 Å². The minimum Gasteiger partial charge on any atom is -0.478 e. The Morgan fingerprint density at radius 3 is 2.19 bits per heavy atom. The first-order valence-electron chi connectivity index (χ1n) is 10.9. The second-order valence-electron chi connectivity index (χ2n) is 7.70. The highest BCUT2D eigenvalue weighted by Crippen LogP contribution is 2.23. The van der Waals surface area contributed by atoms with E-state index in [4.69, 9.17) is 12.2 Å². The highest BCUT2D eigenvalue weighted by molar-refractivity contribution is 7.81. The molecule has 0 heterocycles. The van der Waals surface area contributed by atoms with Crippen molar-refractivity contribution in [2.45, 2.75) is 45.1 Å². The lowest BCUT2D eigenvalue weighted by Crippen LogP contribution is -2.29. The van der Waals surface area contributed by atoms with Crippen molar-refractivity contribution >= 4 is 28.7 Å². The first kappa shape index (κ1) is 22.7. The van der Waals surface area contributed by atoms with Crippen LogP contribution in [0.5, 0.6) is 0 Å². The largest absolute Gasteiger partial charge is 0.478 e. The molecule has 0 fully saturated rings. The lowest BCUT2D eigenvalue weighted by atomic mass is 9.97. The van der Waals surface area contributed by atoms with Crippen LogP contribution in [0, 0.1) is 0 Å². The van der Waals surface area contributed by atoms with Crippen molar-refractivity contribution < 1.29 is 9.90 Å². The monoisotopic (exact) mass is 431 g/mol. The van der Waals surface area contributed by atoms with Crippen molar-refractivity contribution in [3.63, 3.8) is 0 Å². The Kier molecular flexibility index (Phi) is 8.36. The SMILES string of the molecule is CCCCCCC(Nc1ccccc1C(=O)O)C(=S)c1ccc(-c2ccccc2)cc1. The minimum absolute atomic E-state index is 0.102. The number of hydrogen-bond donors (Lipinski definition) is 2. The molecular formula is C27H29NO2S. The summed E-state index contributed by atoms with van der Waals surface area (Å²) in [6.07, 6.45) is 5.42. The van der Waals surface area contributed by atoms with E-state index in [2.05, 4.69) is 48.6 Å². The average Bonchev–Trinajstić information content (AvgIpc) is 2.81. The number of para-hydroxylation sites is 1. The predicted octanol–water partition coefficient (Wildman–Crippen LogP) is 7.22. The highest BCUT2D eigenvalue weighted by Gasteiger charge is 2.19. The molecule has 1 atom stereocenters. The number of hydrogen-bond acceptors (Lipinski definition) is 3. The maximum atomic E-state index is 11.6.